The Morgan fingerprint density at radius 2 is 1.97 bits per heavy atom. The van der Waals surface area contributed by atoms with Crippen molar-refractivity contribution in [3.63, 3.8) is 0 Å². The molecule has 0 saturated carbocycles. The van der Waals surface area contributed by atoms with Gasteiger partial charge in [-0.2, -0.15) is 16.9 Å². The lowest BCUT2D eigenvalue weighted by Gasteiger charge is -2.08. The molecule has 3 N–H and O–H groups in total. The van der Waals surface area contributed by atoms with Crippen LogP contribution in [0.4, 0.5) is 5.00 Å². The normalized spacial score (nSPS) is 10.9. The van der Waals surface area contributed by atoms with E-state index in [2.05, 4.69) is 15.8 Å². The summed E-state index contributed by atoms with van der Waals surface area (Å²) in [4.78, 5) is 25.6. The molecule has 0 aliphatic carbocycles. The molecule has 0 spiro atoms. The van der Waals surface area contributed by atoms with Crippen molar-refractivity contribution in [2.75, 3.05) is 24.8 Å². The number of hydrogen-bond acceptors (Lipinski definition) is 7. The van der Waals surface area contributed by atoms with Crippen LogP contribution in [0.2, 0.25) is 0 Å². The number of anilines is 1. The molecule has 0 unspecified atom stereocenters. The minimum atomic E-state index is -0.396. The van der Waals surface area contributed by atoms with E-state index >= 15 is 0 Å². The SMILES string of the molecule is COc1ccc(/C=N/NC(=O)c2c(C)csc2NC(=O)c2cccc(CSCCCO)c2)cc1. The summed E-state index contributed by atoms with van der Waals surface area (Å²) in [5.41, 5.74) is 6.04. The summed E-state index contributed by atoms with van der Waals surface area (Å²) in [6, 6.07) is 14.7. The minimum Gasteiger partial charge on any atom is -0.497 e. The zero-order valence-electron chi connectivity index (χ0n) is 19.0. The number of thiophene rings is 1. The molecule has 0 bridgehead atoms. The monoisotopic (exact) mass is 497 g/mol. The average molecular weight is 498 g/mol. The van der Waals surface area contributed by atoms with Crippen molar-refractivity contribution in [3.8, 4) is 5.75 Å². The summed E-state index contributed by atoms with van der Waals surface area (Å²) < 4.78 is 5.13. The van der Waals surface area contributed by atoms with Crippen molar-refractivity contribution in [1.82, 2.24) is 5.43 Å². The second-order valence-corrected chi connectivity index (χ2v) is 9.36. The van der Waals surface area contributed by atoms with Gasteiger partial charge in [-0.05, 0) is 77.6 Å². The van der Waals surface area contributed by atoms with Gasteiger partial charge in [-0.3, -0.25) is 9.59 Å². The van der Waals surface area contributed by atoms with Crippen molar-refractivity contribution in [2.24, 2.45) is 5.10 Å². The maximum absolute atomic E-state index is 12.9. The van der Waals surface area contributed by atoms with Crippen LogP contribution in [0.5, 0.6) is 5.75 Å². The van der Waals surface area contributed by atoms with Crippen LogP contribution >= 0.6 is 23.1 Å². The first-order chi connectivity index (χ1) is 16.5. The molecule has 0 radical (unpaired) electrons. The standard InChI is InChI=1S/C25H27N3O4S2/c1-17-15-34-25(22(17)24(31)28-26-14-18-7-9-21(32-2)10-8-18)27-23(30)20-6-3-5-19(13-20)16-33-12-4-11-29/h3,5-10,13-15,29H,4,11-12,16H2,1-2H3,(H,27,30)(H,28,31)/b26-14+. The molecule has 3 aromatic rings. The number of methoxy groups -OCH3 is 1. The van der Waals surface area contributed by atoms with Gasteiger partial charge in [0.25, 0.3) is 11.8 Å². The van der Waals surface area contributed by atoms with E-state index in [1.54, 1.807) is 31.2 Å². The Hall–Kier alpha value is -3.14. The number of carbonyl (C=O) groups excluding carboxylic acids is 2. The van der Waals surface area contributed by atoms with Crippen LogP contribution in [0, 0.1) is 6.92 Å². The van der Waals surface area contributed by atoms with E-state index in [0.29, 0.717) is 16.1 Å². The molecule has 1 heterocycles. The van der Waals surface area contributed by atoms with Crippen molar-refractivity contribution in [3.05, 3.63) is 81.7 Å². The quantitative estimate of drug-likeness (QED) is 0.203. The predicted molar refractivity (Wildman–Crippen MR) is 139 cm³/mol. The maximum Gasteiger partial charge on any atom is 0.274 e. The number of aliphatic hydroxyl groups is 1. The second-order valence-electron chi connectivity index (χ2n) is 7.38. The van der Waals surface area contributed by atoms with Crippen LogP contribution in [0.1, 0.15) is 43.8 Å². The molecule has 2 aromatic carbocycles. The molecule has 0 atom stereocenters. The second kappa shape index (κ2) is 12.9. The summed E-state index contributed by atoms with van der Waals surface area (Å²) in [6.45, 7) is 2.00. The van der Waals surface area contributed by atoms with E-state index in [1.807, 2.05) is 54.8 Å². The third-order valence-electron chi connectivity index (χ3n) is 4.83. The number of ether oxygens (including phenoxy) is 1. The van der Waals surface area contributed by atoms with Crippen molar-refractivity contribution in [1.29, 1.82) is 0 Å². The van der Waals surface area contributed by atoms with E-state index in [-0.39, 0.29) is 12.5 Å². The van der Waals surface area contributed by atoms with Gasteiger partial charge in [0.05, 0.1) is 18.9 Å². The molecule has 0 aliphatic rings. The first-order valence-electron chi connectivity index (χ1n) is 10.7. The third kappa shape index (κ3) is 7.18. The smallest absolute Gasteiger partial charge is 0.274 e. The van der Waals surface area contributed by atoms with Gasteiger partial charge >= 0.3 is 0 Å². The highest BCUT2D eigenvalue weighted by Gasteiger charge is 2.19. The van der Waals surface area contributed by atoms with Crippen LogP contribution in [0.25, 0.3) is 0 Å². The highest BCUT2D eigenvalue weighted by atomic mass is 32.2. The Balaban J connectivity index is 1.64. The molecular formula is C25H27N3O4S2. The van der Waals surface area contributed by atoms with Crippen molar-refractivity contribution < 1.29 is 19.4 Å². The number of nitrogens with zero attached hydrogens (tertiary/aromatic N) is 1. The number of aliphatic hydroxyl groups excluding tert-OH is 1. The average Bonchev–Trinajstić information content (AvgIpc) is 3.22. The van der Waals surface area contributed by atoms with Crippen molar-refractivity contribution >= 4 is 46.1 Å². The van der Waals surface area contributed by atoms with Gasteiger partial charge in [0.2, 0.25) is 0 Å². The van der Waals surface area contributed by atoms with E-state index < -0.39 is 5.91 Å². The topological polar surface area (TPSA) is 100 Å². The maximum atomic E-state index is 12.9. The summed E-state index contributed by atoms with van der Waals surface area (Å²) in [6.07, 6.45) is 2.29. The van der Waals surface area contributed by atoms with Gasteiger partial charge in [0.1, 0.15) is 10.8 Å². The van der Waals surface area contributed by atoms with Crippen molar-refractivity contribution in [2.45, 2.75) is 19.1 Å². The van der Waals surface area contributed by atoms with Crippen LogP contribution < -0.4 is 15.5 Å². The van der Waals surface area contributed by atoms with Gasteiger partial charge in [-0.1, -0.05) is 12.1 Å². The highest BCUT2D eigenvalue weighted by molar-refractivity contribution is 7.98. The molecule has 178 valence electrons. The number of carbonyl (C=O) groups is 2. The molecule has 1 aromatic heterocycles. The third-order valence-corrected chi connectivity index (χ3v) is 6.96. The Morgan fingerprint density at radius 1 is 1.18 bits per heavy atom. The number of hydrogen-bond donors (Lipinski definition) is 3. The lowest BCUT2D eigenvalue weighted by molar-refractivity contribution is 0.0956. The van der Waals surface area contributed by atoms with Crippen LogP contribution in [0.15, 0.2) is 59.0 Å². The fraction of sp³-hybridized carbons (Fsp3) is 0.240. The predicted octanol–water partition coefficient (Wildman–Crippen LogP) is 4.70. The lowest BCUT2D eigenvalue weighted by Crippen LogP contribution is -2.21. The van der Waals surface area contributed by atoms with E-state index in [4.69, 9.17) is 9.84 Å². The summed E-state index contributed by atoms with van der Waals surface area (Å²) >= 11 is 3.01. The molecule has 3 rings (SSSR count). The summed E-state index contributed by atoms with van der Waals surface area (Å²) in [5, 5.41) is 18.1. The summed E-state index contributed by atoms with van der Waals surface area (Å²) in [5.74, 6) is 1.69. The number of thioether (sulfide) groups is 1. The van der Waals surface area contributed by atoms with E-state index in [9.17, 15) is 9.59 Å². The zero-order valence-corrected chi connectivity index (χ0v) is 20.7. The van der Waals surface area contributed by atoms with Crippen LogP contribution in [-0.4, -0.2) is 42.6 Å². The Morgan fingerprint density at radius 3 is 2.71 bits per heavy atom. The van der Waals surface area contributed by atoms with Gasteiger partial charge in [-0.25, -0.2) is 5.43 Å². The first-order valence-corrected chi connectivity index (χ1v) is 12.7. The van der Waals surface area contributed by atoms with Gasteiger partial charge in [-0.15, -0.1) is 11.3 Å². The molecule has 0 saturated heterocycles. The van der Waals surface area contributed by atoms with Gasteiger partial charge in [0.15, 0.2) is 0 Å². The Labute approximate surface area is 207 Å². The van der Waals surface area contributed by atoms with Gasteiger partial charge in [0, 0.05) is 17.9 Å². The first kappa shape index (κ1) is 25.5. The number of amides is 2. The molecule has 0 aliphatic heterocycles. The zero-order chi connectivity index (χ0) is 24.3. The lowest BCUT2D eigenvalue weighted by atomic mass is 10.1. The number of rotatable bonds is 11. The Bertz CT molecular complexity index is 1140. The number of hydrazone groups is 1. The fourth-order valence-electron chi connectivity index (χ4n) is 3.06. The molecule has 34 heavy (non-hydrogen) atoms. The molecular weight excluding hydrogens is 470 g/mol. The van der Waals surface area contributed by atoms with Gasteiger partial charge < -0.3 is 15.2 Å². The van der Waals surface area contributed by atoms with E-state index in [0.717, 1.165) is 40.4 Å². The molecule has 9 heteroatoms. The highest BCUT2D eigenvalue weighted by Crippen LogP contribution is 2.28. The molecule has 0 fully saturated rings. The number of nitrogens with one attached hydrogen (secondary N) is 2. The molecule has 7 nitrogen and oxygen atoms in total. The Kier molecular flexibility index (Phi) is 9.69. The van der Waals surface area contributed by atoms with Crippen LogP contribution in [0.3, 0.4) is 0 Å². The minimum absolute atomic E-state index is 0.179. The number of aryl methyl sites for hydroxylation is 1. The number of benzene rings is 2. The largest absolute Gasteiger partial charge is 0.497 e. The van der Waals surface area contributed by atoms with Crippen LogP contribution in [-0.2, 0) is 5.75 Å². The fourth-order valence-corrected chi connectivity index (χ4v) is 4.89. The van der Waals surface area contributed by atoms with E-state index in [1.165, 1.54) is 11.3 Å². The summed E-state index contributed by atoms with van der Waals surface area (Å²) in [7, 11) is 1.60. The molecule has 2 amide bonds.